The number of nitrogens with one attached hydrogen (secondary N) is 1. The minimum Gasteiger partial charge on any atom is -0.330 e. The van der Waals surface area contributed by atoms with Gasteiger partial charge in [0.2, 0.25) is 0 Å². The van der Waals surface area contributed by atoms with E-state index in [1.54, 1.807) is 0 Å². The van der Waals surface area contributed by atoms with Gasteiger partial charge in [-0.3, -0.25) is 4.90 Å². The van der Waals surface area contributed by atoms with Crippen molar-refractivity contribution in [3.63, 3.8) is 0 Å². The third-order valence-corrected chi connectivity index (χ3v) is 4.41. The van der Waals surface area contributed by atoms with Crippen molar-refractivity contribution in [2.75, 3.05) is 19.6 Å². The summed E-state index contributed by atoms with van der Waals surface area (Å²) in [4.78, 5) is 6.89. The second kappa shape index (κ2) is 6.06. The Bertz CT molecular complexity index is 391. The average Bonchev–Trinajstić information content (AvgIpc) is 3.19. The van der Waals surface area contributed by atoms with Gasteiger partial charge in [0, 0.05) is 31.4 Å². The Kier molecular flexibility index (Phi) is 4.18. The van der Waals surface area contributed by atoms with Crippen LogP contribution in [0.1, 0.15) is 50.8 Å². The van der Waals surface area contributed by atoms with Gasteiger partial charge in [0.1, 0.15) is 0 Å². The molecule has 4 heteroatoms. The molecule has 19 heavy (non-hydrogen) atoms. The highest BCUT2D eigenvalue weighted by Crippen LogP contribution is 2.35. The molecule has 2 aliphatic rings. The van der Waals surface area contributed by atoms with Crippen molar-refractivity contribution in [1.82, 2.24) is 19.8 Å². The lowest BCUT2D eigenvalue weighted by atomic mass is 10.0. The number of hydrogen-bond donors (Lipinski definition) is 1. The SMILES string of the molecule is CCN(Cc1cncn1C1CC1)CC1CCCCN1. The molecule has 1 aromatic rings. The van der Waals surface area contributed by atoms with Crippen LogP contribution < -0.4 is 5.32 Å². The molecule has 1 N–H and O–H groups in total. The monoisotopic (exact) mass is 262 g/mol. The van der Waals surface area contributed by atoms with Gasteiger partial charge in [-0.15, -0.1) is 0 Å². The zero-order chi connectivity index (χ0) is 13.1. The highest BCUT2D eigenvalue weighted by atomic mass is 15.2. The predicted octanol–water partition coefficient (Wildman–Crippen LogP) is 2.18. The van der Waals surface area contributed by atoms with Crippen molar-refractivity contribution in [3.8, 4) is 0 Å². The number of hydrogen-bond acceptors (Lipinski definition) is 3. The Balaban J connectivity index is 1.57. The van der Waals surface area contributed by atoms with Crippen molar-refractivity contribution in [2.24, 2.45) is 0 Å². The van der Waals surface area contributed by atoms with E-state index in [2.05, 4.69) is 32.9 Å². The van der Waals surface area contributed by atoms with E-state index in [1.807, 2.05) is 6.33 Å². The van der Waals surface area contributed by atoms with Crippen LogP contribution in [0.2, 0.25) is 0 Å². The van der Waals surface area contributed by atoms with Crippen LogP contribution in [0.15, 0.2) is 12.5 Å². The summed E-state index contributed by atoms with van der Waals surface area (Å²) in [5, 5.41) is 3.65. The molecule has 1 aliphatic carbocycles. The molecular formula is C15H26N4. The van der Waals surface area contributed by atoms with Gasteiger partial charge in [0.15, 0.2) is 0 Å². The van der Waals surface area contributed by atoms with E-state index >= 15 is 0 Å². The maximum absolute atomic E-state index is 4.34. The minimum atomic E-state index is 0.686. The third-order valence-electron chi connectivity index (χ3n) is 4.41. The van der Waals surface area contributed by atoms with Gasteiger partial charge >= 0.3 is 0 Å². The first-order chi connectivity index (χ1) is 9.36. The smallest absolute Gasteiger partial charge is 0.0951 e. The number of nitrogens with zero attached hydrogens (tertiary/aromatic N) is 3. The molecular weight excluding hydrogens is 236 g/mol. The van der Waals surface area contributed by atoms with E-state index in [0.29, 0.717) is 6.04 Å². The number of imidazole rings is 1. The van der Waals surface area contributed by atoms with Crippen LogP contribution in [0.25, 0.3) is 0 Å². The fourth-order valence-corrected chi connectivity index (χ4v) is 3.06. The van der Waals surface area contributed by atoms with Crippen LogP contribution >= 0.6 is 0 Å². The maximum Gasteiger partial charge on any atom is 0.0951 e. The molecule has 1 saturated heterocycles. The first-order valence-corrected chi connectivity index (χ1v) is 7.83. The molecule has 2 heterocycles. The van der Waals surface area contributed by atoms with Crippen molar-refractivity contribution in [3.05, 3.63) is 18.2 Å². The van der Waals surface area contributed by atoms with Gasteiger partial charge in [-0.2, -0.15) is 0 Å². The summed E-state index contributed by atoms with van der Waals surface area (Å²) in [6.45, 7) is 6.80. The first-order valence-electron chi connectivity index (χ1n) is 7.83. The van der Waals surface area contributed by atoms with Crippen LogP contribution in [0.3, 0.4) is 0 Å². The van der Waals surface area contributed by atoms with Gasteiger partial charge in [-0.05, 0) is 38.8 Å². The molecule has 0 bridgehead atoms. The van der Waals surface area contributed by atoms with E-state index in [-0.39, 0.29) is 0 Å². The predicted molar refractivity (Wildman–Crippen MR) is 77.1 cm³/mol. The summed E-state index contributed by atoms with van der Waals surface area (Å²) in [6.07, 6.45) is 10.8. The normalized spacial score (nSPS) is 24.0. The van der Waals surface area contributed by atoms with Gasteiger partial charge in [0.05, 0.1) is 12.0 Å². The molecule has 1 saturated carbocycles. The van der Waals surface area contributed by atoms with Crippen LogP contribution in [-0.4, -0.2) is 40.1 Å². The van der Waals surface area contributed by atoms with E-state index in [0.717, 1.165) is 19.1 Å². The molecule has 106 valence electrons. The molecule has 0 aromatic carbocycles. The van der Waals surface area contributed by atoms with E-state index in [9.17, 15) is 0 Å². The fourth-order valence-electron chi connectivity index (χ4n) is 3.06. The van der Waals surface area contributed by atoms with Crippen LogP contribution in [0.5, 0.6) is 0 Å². The number of aromatic nitrogens is 2. The summed E-state index contributed by atoms with van der Waals surface area (Å²) in [5.41, 5.74) is 1.39. The maximum atomic E-state index is 4.34. The van der Waals surface area contributed by atoms with Crippen molar-refractivity contribution in [2.45, 2.75) is 57.7 Å². The Hall–Kier alpha value is -0.870. The first kappa shape index (κ1) is 13.1. The fraction of sp³-hybridized carbons (Fsp3) is 0.800. The number of likely N-dealkylation sites (N-methyl/N-ethyl adjacent to an activating group) is 1. The summed E-state index contributed by atoms with van der Waals surface area (Å²) in [7, 11) is 0. The molecule has 1 aromatic heterocycles. The lowest BCUT2D eigenvalue weighted by molar-refractivity contribution is 0.222. The zero-order valence-corrected chi connectivity index (χ0v) is 12.0. The van der Waals surface area contributed by atoms with Gasteiger partial charge in [-0.25, -0.2) is 4.98 Å². The lowest BCUT2D eigenvalue weighted by Gasteiger charge is -2.30. The number of rotatable bonds is 6. The van der Waals surface area contributed by atoms with E-state index in [4.69, 9.17) is 0 Å². The summed E-state index contributed by atoms with van der Waals surface area (Å²) in [6, 6.07) is 1.43. The van der Waals surface area contributed by atoms with Crippen molar-refractivity contribution in [1.29, 1.82) is 0 Å². The summed E-state index contributed by atoms with van der Waals surface area (Å²) >= 11 is 0. The second-order valence-electron chi connectivity index (χ2n) is 6.00. The Morgan fingerprint density at radius 1 is 1.37 bits per heavy atom. The molecule has 3 rings (SSSR count). The number of piperidine rings is 1. The van der Waals surface area contributed by atoms with Gasteiger partial charge in [0.25, 0.3) is 0 Å². The molecule has 1 atom stereocenters. The topological polar surface area (TPSA) is 33.1 Å². The second-order valence-corrected chi connectivity index (χ2v) is 6.00. The molecule has 4 nitrogen and oxygen atoms in total. The van der Waals surface area contributed by atoms with Crippen molar-refractivity contribution >= 4 is 0 Å². The average molecular weight is 262 g/mol. The Labute approximate surface area is 116 Å². The zero-order valence-electron chi connectivity index (χ0n) is 12.0. The molecule has 1 unspecified atom stereocenters. The van der Waals surface area contributed by atoms with E-state index in [1.165, 1.54) is 50.9 Å². The third kappa shape index (κ3) is 3.37. The molecule has 1 aliphatic heterocycles. The highest BCUT2D eigenvalue weighted by molar-refractivity contribution is 5.03. The Morgan fingerprint density at radius 3 is 2.95 bits per heavy atom. The van der Waals surface area contributed by atoms with Crippen LogP contribution in [-0.2, 0) is 6.54 Å². The van der Waals surface area contributed by atoms with Gasteiger partial charge in [-0.1, -0.05) is 13.3 Å². The van der Waals surface area contributed by atoms with Crippen LogP contribution in [0.4, 0.5) is 0 Å². The lowest BCUT2D eigenvalue weighted by Crippen LogP contribution is -2.43. The van der Waals surface area contributed by atoms with Crippen molar-refractivity contribution < 1.29 is 0 Å². The van der Waals surface area contributed by atoms with E-state index < -0.39 is 0 Å². The quantitative estimate of drug-likeness (QED) is 0.853. The minimum absolute atomic E-state index is 0.686. The summed E-state index contributed by atoms with van der Waals surface area (Å²) < 4.78 is 2.39. The summed E-state index contributed by atoms with van der Waals surface area (Å²) in [5.74, 6) is 0. The largest absolute Gasteiger partial charge is 0.330 e. The standard InChI is InChI=1S/C15H26N4/c1-2-18(10-13-5-3-4-8-17-13)11-15-9-16-12-19(15)14-6-7-14/h9,12-14,17H,2-8,10-11H2,1H3. The molecule has 0 amide bonds. The molecule has 0 spiro atoms. The van der Waals surface area contributed by atoms with Crippen LogP contribution in [0, 0.1) is 0 Å². The molecule has 2 fully saturated rings. The highest BCUT2D eigenvalue weighted by Gasteiger charge is 2.26. The Morgan fingerprint density at radius 2 is 2.26 bits per heavy atom. The van der Waals surface area contributed by atoms with Gasteiger partial charge < -0.3 is 9.88 Å². The molecule has 0 radical (unpaired) electrons.